The molecule has 0 spiro atoms. The lowest BCUT2D eigenvalue weighted by Crippen LogP contribution is -2.28. The Balaban J connectivity index is 2.40. The Bertz CT molecular complexity index is 652. The van der Waals surface area contributed by atoms with Gasteiger partial charge in [0, 0.05) is 17.2 Å². The predicted octanol–water partition coefficient (Wildman–Crippen LogP) is 2.14. The smallest absolute Gasteiger partial charge is 0.244 e. The van der Waals surface area contributed by atoms with E-state index in [-0.39, 0.29) is 0 Å². The normalized spacial score (nSPS) is 12.0. The maximum Gasteiger partial charge on any atom is 0.244 e. The van der Waals surface area contributed by atoms with Crippen molar-refractivity contribution in [1.29, 1.82) is 0 Å². The van der Waals surface area contributed by atoms with Gasteiger partial charge in [0.1, 0.15) is 6.04 Å². The average molecular weight is 353 g/mol. The Hall–Kier alpha value is -2.02. The molecule has 0 aliphatic carbocycles. The highest BCUT2D eigenvalue weighted by Crippen LogP contribution is 2.30. The number of carbonyl (C=O) groups is 1. The molecule has 3 N–H and O–H groups in total. The van der Waals surface area contributed by atoms with Crippen molar-refractivity contribution in [2.24, 2.45) is 12.8 Å². The fraction of sp³-hybridized carbons (Fsp3) is 0.286. The Morgan fingerprint density at radius 2 is 2.05 bits per heavy atom. The molecule has 1 heterocycles. The molecule has 2 aromatic rings. The van der Waals surface area contributed by atoms with E-state index >= 15 is 0 Å². The van der Waals surface area contributed by atoms with Crippen molar-refractivity contribution in [2.45, 2.75) is 13.0 Å². The molecule has 0 aliphatic heterocycles. The van der Waals surface area contributed by atoms with Crippen molar-refractivity contribution in [2.75, 3.05) is 12.4 Å². The molecule has 1 aromatic heterocycles. The van der Waals surface area contributed by atoms with E-state index in [1.807, 2.05) is 31.2 Å². The van der Waals surface area contributed by atoms with Gasteiger partial charge in [-0.2, -0.15) is 5.10 Å². The molecule has 0 bridgehead atoms. The SMILES string of the molecule is COc1c(C(Nc2ccc(Br)cc2)C(N)=O)c(C)nn1C. The van der Waals surface area contributed by atoms with Crippen LogP contribution < -0.4 is 15.8 Å². The first kappa shape index (κ1) is 15.4. The van der Waals surface area contributed by atoms with Gasteiger partial charge >= 0.3 is 0 Å². The van der Waals surface area contributed by atoms with Crippen LogP contribution >= 0.6 is 15.9 Å². The number of aromatic nitrogens is 2. The second-order valence-electron chi connectivity index (χ2n) is 4.62. The summed E-state index contributed by atoms with van der Waals surface area (Å²) in [6, 6.07) is 6.77. The van der Waals surface area contributed by atoms with Crippen LogP contribution in [0.25, 0.3) is 0 Å². The molecular formula is C14H17BrN4O2. The number of aryl methyl sites for hydroxylation is 2. The van der Waals surface area contributed by atoms with E-state index in [1.54, 1.807) is 11.7 Å². The molecule has 0 aliphatic rings. The van der Waals surface area contributed by atoms with Crippen molar-refractivity contribution in [1.82, 2.24) is 9.78 Å². The summed E-state index contributed by atoms with van der Waals surface area (Å²) in [5, 5.41) is 7.40. The lowest BCUT2D eigenvalue weighted by molar-refractivity contribution is -0.118. The summed E-state index contributed by atoms with van der Waals surface area (Å²) in [5.41, 5.74) is 7.68. The first-order valence-corrected chi connectivity index (χ1v) is 7.12. The Labute approximate surface area is 131 Å². The van der Waals surface area contributed by atoms with E-state index in [2.05, 4.69) is 26.3 Å². The number of hydrogen-bond donors (Lipinski definition) is 2. The summed E-state index contributed by atoms with van der Waals surface area (Å²) in [6.45, 7) is 1.82. The Morgan fingerprint density at radius 3 is 2.57 bits per heavy atom. The van der Waals surface area contributed by atoms with Gasteiger partial charge in [-0.05, 0) is 31.2 Å². The zero-order chi connectivity index (χ0) is 15.6. The van der Waals surface area contributed by atoms with E-state index in [9.17, 15) is 4.79 Å². The largest absolute Gasteiger partial charge is 0.481 e. The molecule has 6 nitrogen and oxygen atoms in total. The molecule has 112 valence electrons. The minimum Gasteiger partial charge on any atom is -0.481 e. The molecule has 1 amide bonds. The number of nitrogens with one attached hydrogen (secondary N) is 1. The standard InChI is InChI=1S/C14H17BrN4O2/c1-8-11(14(21-3)19(2)18-8)12(13(16)20)17-10-6-4-9(15)5-7-10/h4-7,12,17H,1-3H3,(H2,16,20). The second-order valence-corrected chi connectivity index (χ2v) is 5.53. The highest BCUT2D eigenvalue weighted by Gasteiger charge is 2.27. The zero-order valence-corrected chi connectivity index (χ0v) is 13.6. The molecular weight excluding hydrogens is 336 g/mol. The van der Waals surface area contributed by atoms with Crippen molar-refractivity contribution >= 4 is 27.5 Å². The summed E-state index contributed by atoms with van der Waals surface area (Å²) < 4.78 is 7.87. The van der Waals surface area contributed by atoms with Crippen LogP contribution in [0.1, 0.15) is 17.3 Å². The van der Waals surface area contributed by atoms with E-state index in [0.29, 0.717) is 17.1 Å². The molecule has 2 rings (SSSR count). The fourth-order valence-electron chi connectivity index (χ4n) is 2.23. The number of benzene rings is 1. The van der Waals surface area contributed by atoms with Crippen LogP contribution in [0.4, 0.5) is 5.69 Å². The van der Waals surface area contributed by atoms with E-state index in [4.69, 9.17) is 10.5 Å². The molecule has 1 aromatic carbocycles. The summed E-state index contributed by atoms with van der Waals surface area (Å²) in [5.74, 6) is 0.0215. The van der Waals surface area contributed by atoms with Gasteiger partial charge in [-0.3, -0.25) is 4.79 Å². The predicted molar refractivity (Wildman–Crippen MR) is 84.2 cm³/mol. The number of carbonyl (C=O) groups excluding carboxylic acids is 1. The van der Waals surface area contributed by atoms with E-state index in [1.165, 1.54) is 7.11 Å². The number of nitrogens with two attached hydrogens (primary N) is 1. The molecule has 0 radical (unpaired) electrons. The highest BCUT2D eigenvalue weighted by atomic mass is 79.9. The number of rotatable bonds is 5. The number of ether oxygens (including phenoxy) is 1. The quantitative estimate of drug-likeness (QED) is 0.863. The minimum absolute atomic E-state index is 0.493. The number of hydrogen-bond acceptors (Lipinski definition) is 4. The molecule has 1 atom stereocenters. The third kappa shape index (κ3) is 3.18. The summed E-state index contributed by atoms with van der Waals surface area (Å²) >= 11 is 3.37. The number of primary amides is 1. The fourth-order valence-corrected chi connectivity index (χ4v) is 2.49. The van der Waals surface area contributed by atoms with Crippen molar-refractivity contribution in [3.8, 4) is 5.88 Å². The van der Waals surface area contributed by atoms with Crippen LogP contribution in [0.5, 0.6) is 5.88 Å². The molecule has 0 fully saturated rings. The lowest BCUT2D eigenvalue weighted by Gasteiger charge is -2.18. The van der Waals surface area contributed by atoms with Gasteiger partial charge in [0.2, 0.25) is 11.8 Å². The third-order valence-corrected chi connectivity index (χ3v) is 3.66. The summed E-state index contributed by atoms with van der Waals surface area (Å²) in [4.78, 5) is 11.9. The van der Waals surface area contributed by atoms with Gasteiger partial charge in [-0.1, -0.05) is 15.9 Å². The van der Waals surface area contributed by atoms with Crippen LogP contribution in [-0.4, -0.2) is 22.8 Å². The van der Waals surface area contributed by atoms with Crippen LogP contribution in [0, 0.1) is 6.92 Å². The number of anilines is 1. The van der Waals surface area contributed by atoms with Gasteiger partial charge in [0.05, 0.1) is 18.4 Å². The molecule has 0 saturated heterocycles. The topological polar surface area (TPSA) is 82.2 Å². The lowest BCUT2D eigenvalue weighted by atomic mass is 10.1. The third-order valence-electron chi connectivity index (χ3n) is 3.14. The van der Waals surface area contributed by atoms with Crippen LogP contribution in [0.15, 0.2) is 28.7 Å². The maximum absolute atomic E-state index is 11.9. The maximum atomic E-state index is 11.9. The van der Waals surface area contributed by atoms with Gasteiger partial charge in [-0.15, -0.1) is 0 Å². The first-order chi connectivity index (χ1) is 9.93. The summed E-state index contributed by atoms with van der Waals surface area (Å²) in [7, 11) is 3.30. The Morgan fingerprint density at radius 1 is 1.43 bits per heavy atom. The number of methoxy groups -OCH3 is 1. The van der Waals surface area contributed by atoms with Crippen molar-refractivity contribution in [3.63, 3.8) is 0 Å². The van der Waals surface area contributed by atoms with Gasteiger partial charge in [0.25, 0.3) is 0 Å². The van der Waals surface area contributed by atoms with Crippen molar-refractivity contribution < 1.29 is 9.53 Å². The molecule has 0 saturated carbocycles. The number of amides is 1. The Kier molecular flexibility index (Phi) is 4.52. The first-order valence-electron chi connectivity index (χ1n) is 6.33. The second kappa shape index (κ2) is 6.17. The monoisotopic (exact) mass is 352 g/mol. The highest BCUT2D eigenvalue weighted by molar-refractivity contribution is 9.10. The number of halogens is 1. The van der Waals surface area contributed by atoms with Gasteiger partial charge in [0.15, 0.2) is 0 Å². The molecule has 21 heavy (non-hydrogen) atoms. The average Bonchev–Trinajstić information content (AvgIpc) is 2.71. The van der Waals surface area contributed by atoms with Crippen LogP contribution in [-0.2, 0) is 11.8 Å². The molecule has 1 unspecified atom stereocenters. The van der Waals surface area contributed by atoms with E-state index < -0.39 is 11.9 Å². The van der Waals surface area contributed by atoms with Gasteiger partial charge < -0.3 is 15.8 Å². The van der Waals surface area contributed by atoms with Crippen LogP contribution in [0.3, 0.4) is 0 Å². The zero-order valence-electron chi connectivity index (χ0n) is 12.1. The number of nitrogens with zero attached hydrogens (tertiary/aromatic N) is 2. The van der Waals surface area contributed by atoms with Gasteiger partial charge in [-0.25, -0.2) is 4.68 Å². The van der Waals surface area contributed by atoms with E-state index in [0.717, 1.165) is 10.2 Å². The van der Waals surface area contributed by atoms with Crippen LogP contribution in [0.2, 0.25) is 0 Å². The minimum atomic E-state index is -0.713. The molecule has 7 heteroatoms. The van der Waals surface area contributed by atoms with Crippen molar-refractivity contribution in [3.05, 3.63) is 40.0 Å². The summed E-state index contributed by atoms with van der Waals surface area (Å²) in [6.07, 6.45) is 0.